The number of hydrogen-bond acceptors (Lipinski definition) is 2. The van der Waals surface area contributed by atoms with Gasteiger partial charge in [0, 0.05) is 38.1 Å². The highest BCUT2D eigenvalue weighted by Gasteiger charge is 2.25. The normalized spacial score (nSPS) is 20.4. The van der Waals surface area contributed by atoms with E-state index < -0.39 is 0 Å². The Morgan fingerprint density at radius 1 is 1.05 bits per heavy atom. The van der Waals surface area contributed by atoms with Gasteiger partial charge in [0.05, 0.1) is 5.56 Å². The lowest BCUT2D eigenvalue weighted by Crippen LogP contribution is -2.40. The smallest absolute Gasteiger partial charge is 0.255 e. The Morgan fingerprint density at radius 3 is 2.62 bits per heavy atom. The molecule has 0 radical (unpaired) electrons. The Kier molecular flexibility index (Phi) is 4.63. The van der Waals surface area contributed by atoms with E-state index in [2.05, 4.69) is 27.5 Å². The van der Waals surface area contributed by atoms with Crippen molar-refractivity contribution >= 4 is 5.91 Å². The average molecular weight is 289 g/mol. The maximum atomic E-state index is 12.7. The first-order valence-electron chi connectivity index (χ1n) is 8.49. The largest absolute Gasteiger partial charge is 0.351 e. The molecular formula is C17H27N3O. The van der Waals surface area contributed by atoms with Gasteiger partial charge in [-0.1, -0.05) is 6.42 Å². The lowest BCUT2D eigenvalue weighted by molar-refractivity contribution is 0.0735. The molecule has 4 nitrogen and oxygen atoms in total. The zero-order valence-electron chi connectivity index (χ0n) is 13.2. The Hall–Kier alpha value is -1.29. The van der Waals surface area contributed by atoms with E-state index in [1.54, 1.807) is 0 Å². The van der Waals surface area contributed by atoms with Crippen LogP contribution in [0.15, 0.2) is 12.3 Å². The van der Waals surface area contributed by atoms with Gasteiger partial charge in [0.1, 0.15) is 0 Å². The second-order valence-electron chi connectivity index (χ2n) is 6.26. The van der Waals surface area contributed by atoms with E-state index in [1.807, 2.05) is 6.07 Å². The van der Waals surface area contributed by atoms with Crippen LogP contribution in [-0.2, 0) is 13.0 Å². The minimum Gasteiger partial charge on any atom is -0.351 e. The first kappa shape index (κ1) is 14.6. The minimum atomic E-state index is 0.242. The number of piperidine rings is 1. The molecule has 0 aromatic carbocycles. The summed E-state index contributed by atoms with van der Waals surface area (Å²) in [5.74, 6) is 0.242. The second-order valence-corrected chi connectivity index (χ2v) is 6.26. The van der Waals surface area contributed by atoms with Crippen molar-refractivity contribution in [3.8, 4) is 0 Å². The van der Waals surface area contributed by atoms with Crippen LogP contribution in [0.25, 0.3) is 0 Å². The maximum Gasteiger partial charge on any atom is 0.255 e. The lowest BCUT2D eigenvalue weighted by atomic mass is 10.1. The second kappa shape index (κ2) is 6.65. The number of likely N-dealkylation sites (tertiary alicyclic amines) is 1. The van der Waals surface area contributed by atoms with Crippen LogP contribution < -0.4 is 0 Å². The van der Waals surface area contributed by atoms with Crippen molar-refractivity contribution in [1.29, 1.82) is 0 Å². The van der Waals surface area contributed by atoms with Gasteiger partial charge in [-0.3, -0.25) is 4.79 Å². The number of carbonyl (C=O) groups is 1. The number of amides is 1. The standard InChI is InChI=1S/C17H27N3O/c1-2-19-12-8-15-16(19)7-6-11-20(17(15)21)14-13-18-9-4-3-5-10-18/h8,12H,2-7,9-11,13-14H2,1H3. The van der Waals surface area contributed by atoms with Crippen molar-refractivity contribution in [3.05, 3.63) is 23.5 Å². The fourth-order valence-electron chi connectivity index (χ4n) is 3.64. The van der Waals surface area contributed by atoms with Gasteiger partial charge in [-0.15, -0.1) is 0 Å². The fourth-order valence-corrected chi connectivity index (χ4v) is 3.64. The SMILES string of the molecule is CCn1ccc2c1CCCN(CCN1CCCCC1)C2=O. The third kappa shape index (κ3) is 3.15. The summed E-state index contributed by atoms with van der Waals surface area (Å²) in [5, 5.41) is 0. The molecule has 4 heteroatoms. The quantitative estimate of drug-likeness (QED) is 0.851. The van der Waals surface area contributed by atoms with Gasteiger partial charge in [-0.25, -0.2) is 0 Å². The van der Waals surface area contributed by atoms with Crippen LogP contribution in [0, 0.1) is 0 Å². The van der Waals surface area contributed by atoms with Gasteiger partial charge in [0.25, 0.3) is 5.91 Å². The zero-order chi connectivity index (χ0) is 14.7. The van der Waals surface area contributed by atoms with Gasteiger partial charge in [0.2, 0.25) is 0 Å². The topological polar surface area (TPSA) is 28.5 Å². The molecule has 3 rings (SSSR count). The summed E-state index contributed by atoms with van der Waals surface area (Å²) in [6.07, 6.45) is 8.18. The molecule has 3 heterocycles. The number of fused-ring (bicyclic) bond motifs is 1. The highest BCUT2D eigenvalue weighted by molar-refractivity contribution is 5.95. The molecule has 21 heavy (non-hydrogen) atoms. The molecule has 1 saturated heterocycles. The summed E-state index contributed by atoms with van der Waals surface area (Å²) >= 11 is 0. The molecule has 1 aromatic heterocycles. The first-order chi connectivity index (χ1) is 10.3. The molecule has 0 N–H and O–H groups in total. The molecule has 0 atom stereocenters. The summed E-state index contributed by atoms with van der Waals surface area (Å²) in [4.78, 5) is 17.3. The van der Waals surface area contributed by atoms with Crippen molar-refractivity contribution in [1.82, 2.24) is 14.4 Å². The lowest BCUT2D eigenvalue weighted by Gasteiger charge is -2.29. The Labute approximate surface area is 127 Å². The molecule has 0 unspecified atom stereocenters. The van der Waals surface area contributed by atoms with Crippen LogP contribution >= 0.6 is 0 Å². The molecule has 0 saturated carbocycles. The molecule has 0 bridgehead atoms. The van der Waals surface area contributed by atoms with Crippen molar-refractivity contribution in [3.63, 3.8) is 0 Å². The van der Waals surface area contributed by atoms with Crippen LogP contribution in [0.4, 0.5) is 0 Å². The Morgan fingerprint density at radius 2 is 1.86 bits per heavy atom. The molecule has 0 spiro atoms. The number of nitrogens with zero attached hydrogens (tertiary/aromatic N) is 3. The van der Waals surface area contributed by atoms with Gasteiger partial charge in [-0.2, -0.15) is 0 Å². The van der Waals surface area contributed by atoms with Crippen LogP contribution in [0.1, 0.15) is 48.7 Å². The van der Waals surface area contributed by atoms with Crippen LogP contribution in [0.5, 0.6) is 0 Å². The Bertz CT molecular complexity index is 488. The van der Waals surface area contributed by atoms with Gasteiger partial charge in [-0.05, 0) is 51.8 Å². The van der Waals surface area contributed by atoms with E-state index in [4.69, 9.17) is 0 Å². The van der Waals surface area contributed by atoms with Crippen molar-refractivity contribution in [2.75, 3.05) is 32.7 Å². The molecule has 1 fully saturated rings. The number of hydrogen-bond donors (Lipinski definition) is 0. The highest BCUT2D eigenvalue weighted by atomic mass is 16.2. The number of aromatic nitrogens is 1. The van der Waals surface area contributed by atoms with E-state index >= 15 is 0 Å². The maximum absolute atomic E-state index is 12.7. The van der Waals surface area contributed by atoms with E-state index in [1.165, 1.54) is 38.0 Å². The highest BCUT2D eigenvalue weighted by Crippen LogP contribution is 2.20. The molecule has 116 valence electrons. The third-order valence-corrected chi connectivity index (χ3v) is 4.91. The average Bonchev–Trinajstić information content (AvgIpc) is 2.87. The molecular weight excluding hydrogens is 262 g/mol. The zero-order valence-corrected chi connectivity index (χ0v) is 13.2. The number of aryl methyl sites for hydroxylation is 1. The monoisotopic (exact) mass is 289 g/mol. The van der Waals surface area contributed by atoms with Crippen molar-refractivity contribution in [2.45, 2.75) is 45.6 Å². The van der Waals surface area contributed by atoms with E-state index in [0.717, 1.165) is 44.6 Å². The predicted molar refractivity (Wildman–Crippen MR) is 84.6 cm³/mol. The van der Waals surface area contributed by atoms with Crippen LogP contribution in [0.2, 0.25) is 0 Å². The van der Waals surface area contributed by atoms with Crippen molar-refractivity contribution < 1.29 is 4.79 Å². The minimum absolute atomic E-state index is 0.242. The summed E-state index contributed by atoms with van der Waals surface area (Å²) in [7, 11) is 0. The summed E-state index contributed by atoms with van der Waals surface area (Å²) < 4.78 is 2.22. The predicted octanol–water partition coefficient (Wildman–Crippen LogP) is 2.38. The summed E-state index contributed by atoms with van der Waals surface area (Å²) in [6, 6.07) is 2.01. The number of rotatable bonds is 4. The summed E-state index contributed by atoms with van der Waals surface area (Å²) in [6.45, 7) is 8.34. The van der Waals surface area contributed by atoms with E-state index in [-0.39, 0.29) is 5.91 Å². The van der Waals surface area contributed by atoms with Crippen LogP contribution in [0.3, 0.4) is 0 Å². The first-order valence-corrected chi connectivity index (χ1v) is 8.49. The summed E-state index contributed by atoms with van der Waals surface area (Å²) in [5.41, 5.74) is 2.18. The molecule has 2 aliphatic heterocycles. The number of carbonyl (C=O) groups excluding carboxylic acids is 1. The van der Waals surface area contributed by atoms with E-state index in [0.29, 0.717) is 0 Å². The van der Waals surface area contributed by atoms with Gasteiger partial charge >= 0.3 is 0 Å². The van der Waals surface area contributed by atoms with Gasteiger partial charge < -0.3 is 14.4 Å². The molecule has 1 aromatic rings. The van der Waals surface area contributed by atoms with E-state index in [9.17, 15) is 4.79 Å². The Balaban J connectivity index is 1.64. The van der Waals surface area contributed by atoms with Gasteiger partial charge in [0.15, 0.2) is 0 Å². The molecule has 0 aliphatic carbocycles. The molecule has 1 amide bonds. The van der Waals surface area contributed by atoms with Crippen LogP contribution in [-0.4, -0.2) is 53.0 Å². The molecule has 2 aliphatic rings. The van der Waals surface area contributed by atoms with Crippen molar-refractivity contribution in [2.24, 2.45) is 0 Å². The fraction of sp³-hybridized carbons (Fsp3) is 0.706. The third-order valence-electron chi connectivity index (χ3n) is 4.91.